The fraction of sp³-hybridized carbons (Fsp3) is 0.600. The van der Waals surface area contributed by atoms with Crippen molar-refractivity contribution in [2.75, 3.05) is 32.7 Å². The van der Waals surface area contributed by atoms with Crippen LogP contribution in [0, 0.1) is 0 Å². The molecule has 0 spiro atoms. The van der Waals surface area contributed by atoms with Crippen molar-refractivity contribution in [1.82, 2.24) is 5.32 Å². The van der Waals surface area contributed by atoms with Gasteiger partial charge in [0, 0.05) is 30.3 Å². The van der Waals surface area contributed by atoms with Gasteiger partial charge >= 0.3 is 0 Å². The SMILES string of the molecule is COCCOCCSc1cccc(CNC(C)C)c1. The molecule has 3 nitrogen and oxygen atoms in total. The highest BCUT2D eigenvalue weighted by Crippen LogP contribution is 2.19. The summed E-state index contributed by atoms with van der Waals surface area (Å²) in [6.07, 6.45) is 0. The smallest absolute Gasteiger partial charge is 0.0700 e. The molecule has 0 bridgehead atoms. The summed E-state index contributed by atoms with van der Waals surface area (Å²) >= 11 is 1.83. The molecule has 0 heterocycles. The minimum absolute atomic E-state index is 0.519. The predicted molar refractivity (Wildman–Crippen MR) is 81.8 cm³/mol. The van der Waals surface area contributed by atoms with Gasteiger partial charge in [-0.2, -0.15) is 0 Å². The number of ether oxygens (including phenoxy) is 2. The minimum Gasteiger partial charge on any atom is -0.382 e. The van der Waals surface area contributed by atoms with E-state index in [2.05, 4.69) is 43.4 Å². The number of nitrogens with one attached hydrogen (secondary N) is 1. The molecule has 1 aromatic carbocycles. The first-order valence-corrected chi connectivity index (χ1v) is 7.72. The molecule has 0 amide bonds. The van der Waals surface area contributed by atoms with E-state index in [-0.39, 0.29) is 0 Å². The van der Waals surface area contributed by atoms with E-state index < -0.39 is 0 Å². The molecule has 0 aromatic heterocycles. The van der Waals surface area contributed by atoms with Crippen molar-refractivity contribution in [2.45, 2.75) is 31.3 Å². The van der Waals surface area contributed by atoms with Gasteiger partial charge in [0.25, 0.3) is 0 Å². The molecule has 4 heteroatoms. The quantitative estimate of drug-likeness (QED) is 0.528. The van der Waals surface area contributed by atoms with Gasteiger partial charge in [-0.15, -0.1) is 11.8 Å². The Bertz CT molecular complexity index is 345. The summed E-state index contributed by atoms with van der Waals surface area (Å²) in [6.45, 7) is 7.36. The first-order chi connectivity index (χ1) is 9.22. The maximum Gasteiger partial charge on any atom is 0.0700 e. The molecule has 0 aliphatic carbocycles. The van der Waals surface area contributed by atoms with Gasteiger partial charge in [0.1, 0.15) is 0 Å². The van der Waals surface area contributed by atoms with Crippen molar-refractivity contribution >= 4 is 11.8 Å². The van der Waals surface area contributed by atoms with E-state index in [1.165, 1.54) is 10.5 Å². The Morgan fingerprint density at radius 3 is 2.79 bits per heavy atom. The van der Waals surface area contributed by atoms with Gasteiger partial charge < -0.3 is 14.8 Å². The zero-order valence-corrected chi connectivity index (χ0v) is 13.0. The van der Waals surface area contributed by atoms with Gasteiger partial charge in [0.2, 0.25) is 0 Å². The molecule has 0 fully saturated rings. The van der Waals surface area contributed by atoms with Gasteiger partial charge in [-0.25, -0.2) is 0 Å². The molecule has 108 valence electrons. The number of methoxy groups -OCH3 is 1. The fourth-order valence-corrected chi connectivity index (χ4v) is 2.38. The van der Waals surface area contributed by atoms with E-state index >= 15 is 0 Å². The Morgan fingerprint density at radius 1 is 1.21 bits per heavy atom. The molecular weight excluding hydrogens is 258 g/mol. The molecule has 0 radical (unpaired) electrons. The second-order valence-corrected chi connectivity index (χ2v) is 5.80. The van der Waals surface area contributed by atoms with Crippen LogP contribution in [0.4, 0.5) is 0 Å². The predicted octanol–water partition coefficient (Wildman–Crippen LogP) is 2.94. The van der Waals surface area contributed by atoms with Crippen molar-refractivity contribution in [3.05, 3.63) is 29.8 Å². The Morgan fingerprint density at radius 2 is 2.05 bits per heavy atom. The Hall–Kier alpha value is -0.550. The first-order valence-electron chi connectivity index (χ1n) is 6.74. The van der Waals surface area contributed by atoms with Gasteiger partial charge in [-0.1, -0.05) is 26.0 Å². The third-order valence-electron chi connectivity index (χ3n) is 2.54. The standard InChI is InChI=1S/C15H25NO2S/c1-13(2)16-12-14-5-4-6-15(11-14)19-10-9-18-8-7-17-3/h4-6,11,13,16H,7-10,12H2,1-3H3. The van der Waals surface area contributed by atoms with Crippen LogP contribution in [-0.4, -0.2) is 38.7 Å². The van der Waals surface area contributed by atoms with Gasteiger partial charge in [-0.3, -0.25) is 0 Å². The van der Waals surface area contributed by atoms with Crippen LogP contribution in [0.15, 0.2) is 29.2 Å². The molecule has 1 aromatic rings. The van der Waals surface area contributed by atoms with Crippen molar-refractivity contribution in [1.29, 1.82) is 0 Å². The van der Waals surface area contributed by atoms with E-state index in [9.17, 15) is 0 Å². The molecule has 0 aliphatic heterocycles. The number of hydrogen-bond donors (Lipinski definition) is 1. The summed E-state index contributed by atoms with van der Waals surface area (Å²) in [5.41, 5.74) is 1.33. The zero-order chi connectivity index (χ0) is 13.9. The van der Waals surface area contributed by atoms with E-state index in [1.54, 1.807) is 7.11 Å². The van der Waals surface area contributed by atoms with E-state index in [0.717, 1.165) is 18.9 Å². The summed E-state index contributed by atoms with van der Waals surface area (Å²) in [7, 11) is 1.69. The monoisotopic (exact) mass is 283 g/mol. The average Bonchev–Trinajstić information content (AvgIpc) is 2.41. The summed E-state index contributed by atoms with van der Waals surface area (Å²) in [4.78, 5) is 1.30. The molecule has 0 saturated heterocycles. The average molecular weight is 283 g/mol. The summed E-state index contributed by atoms with van der Waals surface area (Å²) in [5, 5.41) is 3.43. The molecule has 0 saturated carbocycles. The summed E-state index contributed by atoms with van der Waals surface area (Å²) in [5.74, 6) is 0.977. The molecule has 0 unspecified atom stereocenters. The van der Waals surface area contributed by atoms with Gasteiger partial charge in [0.15, 0.2) is 0 Å². The Balaban J connectivity index is 2.24. The Kier molecular flexibility index (Phi) is 8.91. The third-order valence-corrected chi connectivity index (χ3v) is 3.50. The van der Waals surface area contributed by atoms with Crippen LogP contribution in [0.3, 0.4) is 0 Å². The summed E-state index contributed by atoms with van der Waals surface area (Å²) in [6, 6.07) is 9.19. The minimum atomic E-state index is 0.519. The third kappa shape index (κ3) is 8.26. The van der Waals surface area contributed by atoms with Crippen LogP contribution in [0.1, 0.15) is 19.4 Å². The lowest BCUT2D eigenvalue weighted by atomic mass is 10.2. The van der Waals surface area contributed by atoms with Crippen LogP contribution in [0.5, 0.6) is 0 Å². The number of hydrogen-bond acceptors (Lipinski definition) is 4. The number of benzene rings is 1. The lowest BCUT2D eigenvalue weighted by molar-refractivity contribution is 0.0790. The van der Waals surface area contributed by atoms with Gasteiger partial charge in [0.05, 0.1) is 19.8 Å². The van der Waals surface area contributed by atoms with Crippen LogP contribution in [0.25, 0.3) is 0 Å². The van der Waals surface area contributed by atoms with Crippen LogP contribution >= 0.6 is 11.8 Å². The largest absolute Gasteiger partial charge is 0.382 e. The van der Waals surface area contributed by atoms with Crippen molar-refractivity contribution in [2.24, 2.45) is 0 Å². The zero-order valence-electron chi connectivity index (χ0n) is 12.1. The van der Waals surface area contributed by atoms with Crippen LogP contribution in [-0.2, 0) is 16.0 Å². The van der Waals surface area contributed by atoms with E-state index in [4.69, 9.17) is 9.47 Å². The highest BCUT2D eigenvalue weighted by molar-refractivity contribution is 7.99. The van der Waals surface area contributed by atoms with Crippen molar-refractivity contribution < 1.29 is 9.47 Å². The van der Waals surface area contributed by atoms with Crippen LogP contribution in [0.2, 0.25) is 0 Å². The Labute approximate surface area is 121 Å². The molecule has 1 N–H and O–H groups in total. The maximum atomic E-state index is 5.45. The second kappa shape index (κ2) is 10.3. The molecule has 19 heavy (non-hydrogen) atoms. The van der Waals surface area contributed by atoms with Crippen LogP contribution < -0.4 is 5.32 Å². The van der Waals surface area contributed by atoms with Crippen molar-refractivity contribution in [3.8, 4) is 0 Å². The van der Waals surface area contributed by atoms with E-state index in [0.29, 0.717) is 19.3 Å². The topological polar surface area (TPSA) is 30.5 Å². The number of thioether (sulfide) groups is 1. The molecular formula is C15H25NO2S. The highest BCUT2D eigenvalue weighted by atomic mass is 32.2. The lowest BCUT2D eigenvalue weighted by Crippen LogP contribution is -2.21. The van der Waals surface area contributed by atoms with E-state index in [1.807, 2.05) is 11.8 Å². The molecule has 1 rings (SSSR count). The van der Waals surface area contributed by atoms with Crippen molar-refractivity contribution in [3.63, 3.8) is 0 Å². The number of rotatable bonds is 10. The summed E-state index contributed by atoms with van der Waals surface area (Å²) < 4.78 is 10.4. The molecule has 0 atom stereocenters. The fourth-order valence-electron chi connectivity index (χ4n) is 1.53. The highest BCUT2D eigenvalue weighted by Gasteiger charge is 1.99. The lowest BCUT2D eigenvalue weighted by Gasteiger charge is -2.09. The maximum absolute atomic E-state index is 5.45. The van der Waals surface area contributed by atoms with Gasteiger partial charge in [-0.05, 0) is 17.7 Å². The first kappa shape index (κ1) is 16.5. The molecule has 0 aliphatic rings. The second-order valence-electron chi connectivity index (χ2n) is 4.64. The normalized spacial score (nSPS) is 11.2.